The van der Waals surface area contributed by atoms with E-state index < -0.39 is 0 Å². The second kappa shape index (κ2) is 5.97. The van der Waals surface area contributed by atoms with E-state index in [2.05, 4.69) is 4.98 Å². The highest BCUT2D eigenvalue weighted by Crippen LogP contribution is 2.28. The Labute approximate surface area is 117 Å². The molecule has 6 heteroatoms. The van der Waals surface area contributed by atoms with Crippen molar-refractivity contribution in [3.8, 4) is 0 Å². The molecular weight excluding hydrogens is 262 g/mol. The number of aromatic nitrogens is 1. The van der Waals surface area contributed by atoms with E-state index in [-0.39, 0.29) is 17.0 Å². The van der Waals surface area contributed by atoms with Gasteiger partial charge in [0.1, 0.15) is 16.7 Å². The minimum absolute atomic E-state index is 0.197. The third kappa shape index (κ3) is 2.84. The molecule has 1 unspecified atom stereocenters. The Kier molecular flexibility index (Phi) is 4.31. The van der Waals surface area contributed by atoms with Gasteiger partial charge in [-0.2, -0.15) is 0 Å². The van der Waals surface area contributed by atoms with Crippen LogP contribution in [0.3, 0.4) is 0 Å². The van der Waals surface area contributed by atoms with Gasteiger partial charge in [-0.1, -0.05) is 12.2 Å². The van der Waals surface area contributed by atoms with E-state index in [0.29, 0.717) is 12.3 Å². The zero-order valence-electron chi connectivity index (χ0n) is 10.8. The minimum atomic E-state index is -0.266. The molecular formula is C13H17N3O2S. The van der Waals surface area contributed by atoms with Crippen molar-refractivity contribution in [1.29, 1.82) is 0 Å². The lowest BCUT2D eigenvalue weighted by Crippen LogP contribution is -2.38. The first-order valence-corrected chi connectivity index (χ1v) is 6.74. The molecule has 0 amide bonds. The molecule has 0 radical (unpaired) electrons. The number of pyridine rings is 1. The zero-order chi connectivity index (χ0) is 13.8. The number of nitrogens with two attached hydrogens (primary N) is 1. The van der Waals surface area contributed by atoms with E-state index in [0.717, 1.165) is 25.1 Å². The maximum absolute atomic E-state index is 12.0. The number of ether oxygens (including phenoxy) is 1. The van der Waals surface area contributed by atoms with Gasteiger partial charge in [0, 0.05) is 12.7 Å². The van der Waals surface area contributed by atoms with E-state index in [1.165, 1.54) is 0 Å². The van der Waals surface area contributed by atoms with Crippen LogP contribution in [0.2, 0.25) is 0 Å². The lowest BCUT2D eigenvalue weighted by molar-refractivity contribution is -0.144. The summed E-state index contributed by atoms with van der Waals surface area (Å²) in [5, 5.41) is 0. The molecule has 19 heavy (non-hydrogen) atoms. The largest absolute Gasteiger partial charge is 0.464 e. The van der Waals surface area contributed by atoms with E-state index in [4.69, 9.17) is 22.7 Å². The second-order valence-electron chi connectivity index (χ2n) is 4.34. The van der Waals surface area contributed by atoms with Crippen LogP contribution in [0, 0.1) is 0 Å². The smallest absolute Gasteiger partial charge is 0.328 e. The molecule has 0 aliphatic carbocycles. The van der Waals surface area contributed by atoms with Gasteiger partial charge in [-0.3, -0.25) is 4.98 Å². The molecule has 0 spiro atoms. The van der Waals surface area contributed by atoms with Crippen molar-refractivity contribution in [1.82, 2.24) is 4.98 Å². The maximum atomic E-state index is 12.0. The summed E-state index contributed by atoms with van der Waals surface area (Å²) in [5.41, 5.74) is 7.06. The van der Waals surface area contributed by atoms with Gasteiger partial charge in [-0.25, -0.2) is 4.79 Å². The maximum Gasteiger partial charge on any atom is 0.328 e. The fourth-order valence-electron chi connectivity index (χ4n) is 2.36. The number of rotatable bonds is 4. The van der Waals surface area contributed by atoms with Crippen molar-refractivity contribution in [2.75, 3.05) is 18.1 Å². The number of thiocarbonyl (C=S) groups is 1. The molecule has 1 aromatic heterocycles. The van der Waals surface area contributed by atoms with Gasteiger partial charge in [0.2, 0.25) is 0 Å². The summed E-state index contributed by atoms with van der Waals surface area (Å²) < 4.78 is 5.11. The molecule has 1 aliphatic rings. The van der Waals surface area contributed by atoms with Crippen LogP contribution in [0.5, 0.6) is 0 Å². The number of nitrogens with zero attached hydrogens (tertiary/aromatic N) is 2. The molecule has 0 aromatic carbocycles. The molecule has 1 aromatic rings. The van der Waals surface area contributed by atoms with Crippen molar-refractivity contribution in [2.45, 2.75) is 25.8 Å². The number of hydrogen-bond donors (Lipinski definition) is 1. The Morgan fingerprint density at radius 1 is 1.68 bits per heavy atom. The van der Waals surface area contributed by atoms with Gasteiger partial charge in [-0.15, -0.1) is 0 Å². The molecule has 1 aliphatic heterocycles. The van der Waals surface area contributed by atoms with Gasteiger partial charge in [0.05, 0.1) is 12.3 Å². The molecule has 1 atom stereocenters. The predicted molar refractivity (Wildman–Crippen MR) is 77.1 cm³/mol. The van der Waals surface area contributed by atoms with E-state index in [1.807, 2.05) is 24.0 Å². The highest BCUT2D eigenvalue weighted by atomic mass is 32.1. The van der Waals surface area contributed by atoms with E-state index >= 15 is 0 Å². The van der Waals surface area contributed by atoms with Crippen LogP contribution in [0.25, 0.3) is 0 Å². The molecule has 2 rings (SSSR count). The van der Waals surface area contributed by atoms with Crippen molar-refractivity contribution in [3.63, 3.8) is 0 Å². The summed E-state index contributed by atoms with van der Waals surface area (Å²) in [6.07, 6.45) is 3.37. The first-order chi connectivity index (χ1) is 9.15. The molecule has 0 bridgehead atoms. The Morgan fingerprint density at radius 3 is 3.16 bits per heavy atom. The minimum Gasteiger partial charge on any atom is -0.464 e. The second-order valence-corrected chi connectivity index (χ2v) is 4.78. The number of carbonyl (C=O) groups is 1. The summed E-state index contributed by atoms with van der Waals surface area (Å²) in [5.74, 6) is -0.197. The van der Waals surface area contributed by atoms with Crippen LogP contribution in [-0.2, 0) is 9.53 Å². The van der Waals surface area contributed by atoms with Gasteiger partial charge in [0.25, 0.3) is 0 Å². The fraction of sp³-hybridized carbons (Fsp3) is 0.462. The number of hydrogen-bond acceptors (Lipinski definition) is 5. The van der Waals surface area contributed by atoms with Crippen LogP contribution < -0.4 is 10.6 Å². The van der Waals surface area contributed by atoms with Crippen LogP contribution in [0.4, 0.5) is 5.69 Å². The summed E-state index contributed by atoms with van der Waals surface area (Å²) >= 11 is 5.01. The third-order valence-electron chi connectivity index (χ3n) is 3.14. The molecule has 102 valence electrons. The fourth-order valence-corrected chi connectivity index (χ4v) is 2.51. The number of anilines is 1. The molecule has 1 fully saturated rings. The molecule has 2 N–H and O–H groups in total. The normalized spacial score (nSPS) is 18.4. The summed E-state index contributed by atoms with van der Waals surface area (Å²) in [4.78, 5) is 18.4. The molecule has 1 saturated heterocycles. The van der Waals surface area contributed by atoms with Crippen molar-refractivity contribution >= 4 is 28.9 Å². The lowest BCUT2D eigenvalue weighted by Gasteiger charge is -2.26. The van der Waals surface area contributed by atoms with Crippen LogP contribution in [0.15, 0.2) is 18.3 Å². The van der Waals surface area contributed by atoms with Gasteiger partial charge >= 0.3 is 5.97 Å². The van der Waals surface area contributed by atoms with Crippen LogP contribution in [-0.4, -0.2) is 35.1 Å². The first-order valence-electron chi connectivity index (χ1n) is 6.33. The topological polar surface area (TPSA) is 68.5 Å². The van der Waals surface area contributed by atoms with Crippen LogP contribution in [0.1, 0.15) is 25.5 Å². The van der Waals surface area contributed by atoms with Gasteiger partial charge in [-0.05, 0) is 31.9 Å². The van der Waals surface area contributed by atoms with Crippen molar-refractivity contribution in [3.05, 3.63) is 24.0 Å². The first kappa shape index (κ1) is 13.7. The quantitative estimate of drug-likeness (QED) is 0.661. The average Bonchev–Trinajstić information content (AvgIpc) is 2.88. The Bertz CT molecular complexity index is 493. The Morgan fingerprint density at radius 2 is 2.47 bits per heavy atom. The van der Waals surface area contributed by atoms with Gasteiger partial charge < -0.3 is 15.4 Å². The highest BCUT2D eigenvalue weighted by molar-refractivity contribution is 7.80. The van der Waals surface area contributed by atoms with Crippen molar-refractivity contribution in [2.24, 2.45) is 5.73 Å². The van der Waals surface area contributed by atoms with E-state index in [1.54, 1.807) is 6.20 Å². The van der Waals surface area contributed by atoms with Crippen molar-refractivity contribution < 1.29 is 9.53 Å². The Hall–Kier alpha value is -1.69. The lowest BCUT2D eigenvalue weighted by atomic mass is 10.2. The number of esters is 1. The summed E-state index contributed by atoms with van der Waals surface area (Å²) in [7, 11) is 0. The summed E-state index contributed by atoms with van der Waals surface area (Å²) in [6.45, 7) is 2.98. The van der Waals surface area contributed by atoms with Gasteiger partial charge in [0.15, 0.2) is 0 Å². The predicted octanol–water partition coefficient (Wildman–Crippen LogP) is 1.25. The monoisotopic (exact) mass is 279 g/mol. The standard InChI is InChI=1S/C13H17N3O2S/c1-2-18-13(17)10-6-4-8-16(10)9-5-3-7-15-11(9)12(14)19/h3,5,7,10H,2,4,6,8H2,1H3,(H2,14,19). The SMILES string of the molecule is CCOC(=O)C1CCCN1c1cccnc1C(N)=S. The molecule has 2 heterocycles. The highest BCUT2D eigenvalue weighted by Gasteiger charge is 2.33. The van der Waals surface area contributed by atoms with Crippen LogP contribution >= 0.6 is 12.2 Å². The number of carbonyl (C=O) groups excluding carboxylic acids is 1. The average molecular weight is 279 g/mol. The summed E-state index contributed by atoms with van der Waals surface area (Å²) in [6, 6.07) is 3.44. The Balaban J connectivity index is 2.30. The molecule has 0 saturated carbocycles. The van der Waals surface area contributed by atoms with E-state index in [9.17, 15) is 4.79 Å². The third-order valence-corrected chi connectivity index (χ3v) is 3.33. The molecule has 5 nitrogen and oxygen atoms in total. The zero-order valence-corrected chi connectivity index (χ0v) is 11.7.